The van der Waals surface area contributed by atoms with Gasteiger partial charge >= 0.3 is 0 Å². The molecule has 1 saturated carbocycles. The molecule has 1 aliphatic rings. The van der Waals surface area contributed by atoms with Crippen molar-refractivity contribution in [1.82, 2.24) is 20.3 Å². The molecule has 0 spiro atoms. The van der Waals surface area contributed by atoms with Gasteiger partial charge in [-0.25, -0.2) is 23.1 Å². The lowest BCUT2D eigenvalue weighted by Gasteiger charge is -2.30. The van der Waals surface area contributed by atoms with E-state index < -0.39 is 17.5 Å². The molecule has 3 N–H and O–H groups in total. The molecule has 1 aliphatic carbocycles. The summed E-state index contributed by atoms with van der Waals surface area (Å²) < 4.78 is 43.5. The van der Waals surface area contributed by atoms with Crippen LogP contribution in [0.4, 0.5) is 19.0 Å². The Labute approximate surface area is 201 Å². The van der Waals surface area contributed by atoms with Crippen molar-refractivity contribution in [3.8, 4) is 11.3 Å². The maximum Gasteiger partial charge on any atom is 0.252 e. The molecule has 5 rings (SSSR count). The number of fused-ring (bicyclic) bond motifs is 1. The van der Waals surface area contributed by atoms with Gasteiger partial charge in [-0.05, 0) is 37.8 Å². The number of aromatic amines is 1. The molecule has 6 nitrogen and oxygen atoms in total. The van der Waals surface area contributed by atoms with Crippen LogP contribution in [0.3, 0.4) is 0 Å². The predicted octanol–water partition coefficient (Wildman–Crippen LogP) is 5.91. The Morgan fingerprint density at radius 2 is 1.97 bits per heavy atom. The van der Waals surface area contributed by atoms with Crippen LogP contribution in [0.2, 0.25) is 4.34 Å². The van der Waals surface area contributed by atoms with E-state index in [4.69, 9.17) is 11.6 Å². The topological polar surface area (TPSA) is 82.7 Å². The van der Waals surface area contributed by atoms with Crippen molar-refractivity contribution in [2.75, 3.05) is 5.32 Å². The molecule has 4 aromatic heterocycles. The van der Waals surface area contributed by atoms with Gasteiger partial charge in [0.15, 0.2) is 17.5 Å². The highest BCUT2D eigenvalue weighted by Gasteiger charge is 2.26. The molecular formula is C23H19ClF3N5OS. The van der Waals surface area contributed by atoms with Gasteiger partial charge in [0.1, 0.15) is 17.2 Å². The summed E-state index contributed by atoms with van der Waals surface area (Å²) >= 11 is 7.20. The highest BCUT2D eigenvalue weighted by molar-refractivity contribution is 7.14. The van der Waals surface area contributed by atoms with Crippen LogP contribution in [-0.4, -0.2) is 32.9 Å². The molecule has 176 valence electrons. The third-order valence-corrected chi connectivity index (χ3v) is 6.95. The second kappa shape index (κ2) is 9.27. The van der Waals surface area contributed by atoms with Gasteiger partial charge in [-0.15, -0.1) is 11.3 Å². The Bertz CT molecular complexity index is 1370. The number of pyridine rings is 2. The second-order valence-corrected chi connectivity index (χ2v) is 9.76. The standard InChI is InChI=1S/C23H19ClF3N5OS/c24-19-4-11(10-34-19)23(33)31-14-3-1-2-13(6-14)30-22-18(27)7-17(26)20(32-22)16-9-29-21-15(16)5-12(25)8-28-21/h4-5,7-10,13-14H,1-3,6H2,(H,28,29)(H,30,32)(H,31,33)/t13-,14+/m0/s1. The predicted molar refractivity (Wildman–Crippen MR) is 126 cm³/mol. The van der Waals surface area contributed by atoms with Crippen molar-refractivity contribution >= 4 is 45.7 Å². The Kier molecular flexibility index (Phi) is 6.18. The largest absolute Gasteiger partial charge is 0.365 e. The average molecular weight is 506 g/mol. The van der Waals surface area contributed by atoms with Crippen molar-refractivity contribution < 1.29 is 18.0 Å². The fourth-order valence-corrected chi connectivity index (χ4v) is 5.13. The highest BCUT2D eigenvalue weighted by Crippen LogP contribution is 2.32. The van der Waals surface area contributed by atoms with Gasteiger partial charge in [-0.2, -0.15) is 0 Å². The number of rotatable bonds is 5. The van der Waals surface area contributed by atoms with E-state index in [-0.39, 0.29) is 35.1 Å². The quantitative estimate of drug-likeness (QED) is 0.315. The van der Waals surface area contributed by atoms with Gasteiger partial charge in [0.25, 0.3) is 5.91 Å². The molecule has 2 atom stereocenters. The Morgan fingerprint density at radius 1 is 1.15 bits per heavy atom. The lowest BCUT2D eigenvalue weighted by Crippen LogP contribution is -2.41. The number of hydrogen-bond acceptors (Lipinski definition) is 5. The lowest BCUT2D eigenvalue weighted by atomic mass is 9.90. The van der Waals surface area contributed by atoms with Gasteiger partial charge in [-0.1, -0.05) is 11.6 Å². The summed E-state index contributed by atoms with van der Waals surface area (Å²) in [7, 11) is 0. The number of hydrogen-bond donors (Lipinski definition) is 3. The van der Waals surface area contributed by atoms with E-state index in [2.05, 4.69) is 25.6 Å². The van der Waals surface area contributed by atoms with Crippen LogP contribution < -0.4 is 10.6 Å². The molecule has 34 heavy (non-hydrogen) atoms. The van der Waals surface area contributed by atoms with Crippen molar-refractivity contribution in [2.45, 2.75) is 37.8 Å². The Morgan fingerprint density at radius 3 is 2.76 bits per heavy atom. The van der Waals surface area contributed by atoms with Crippen LogP contribution in [-0.2, 0) is 0 Å². The van der Waals surface area contributed by atoms with Gasteiger partial charge in [0.2, 0.25) is 0 Å². The summed E-state index contributed by atoms with van der Waals surface area (Å²) in [6.07, 6.45) is 5.42. The number of carbonyl (C=O) groups excluding carboxylic acids is 1. The van der Waals surface area contributed by atoms with Crippen LogP contribution >= 0.6 is 22.9 Å². The number of aromatic nitrogens is 3. The molecule has 0 aromatic carbocycles. The summed E-state index contributed by atoms with van der Waals surface area (Å²) in [6, 6.07) is 3.32. The first kappa shape index (κ1) is 22.7. The molecular weight excluding hydrogens is 487 g/mol. The highest BCUT2D eigenvalue weighted by atomic mass is 35.5. The maximum atomic E-state index is 14.7. The number of halogens is 4. The van der Waals surface area contributed by atoms with Crippen molar-refractivity contribution in [2.24, 2.45) is 0 Å². The van der Waals surface area contributed by atoms with Gasteiger partial charge in [0, 0.05) is 40.7 Å². The van der Waals surface area contributed by atoms with Gasteiger partial charge in [0.05, 0.1) is 16.1 Å². The smallest absolute Gasteiger partial charge is 0.252 e. The molecule has 11 heteroatoms. The molecule has 0 radical (unpaired) electrons. The minimum Gasteiger partial charge on any atom is -0.365 e. The molecule has 0 aliphatic heterocycles. The zero-order valence-corrected chi connectivity index (χ0v) is 19.2. The number of amides is 1. The molecule has 1 amide bonds. The van der Waals surface area contributed by atoms with Gasteiger partial charge in [-0.3, -0.25) is 4.79 Å². The minimum atomic E-state index is -0.864. The summed E-state index contributed by atoms with van der Waals surface area (Å²) in [5.41, 5.74) is 1.04. The van der Waals surface area contributed by atoms with E-state index in [1.165, 1.54) is 23.6 Å². The van der Waals surface area contributed by atoms with E-state index in [1.807, 2.05) is 0 Å². The van der Waals surface area contributed by atoms with Crippen molar-refractivity contribution in [3.63, 3.8) is 0 Å². The Balaban J connectivity index is 1.35. The third kappa shape index (κ3) is 4.60. The molecule has 1 fully saturated rings. The molecule has 4 aromatic rings. The van der Waals surface area contributed by atoms with Crippen LogP contribution in [0.5, 0.6) is 0 Å². The number of H-pyrrole nitrogens is 1. The molecule has 0 saturated heterocycles. The van der Waals surface area contributed by atoms with Crippen LogP contribution in [0.25, 0.3) is 22.3 Å². The number of carbonyl (C=O) groups is 1. The number of nitrogens with zero attached hydrogens (tertiary/aromatic N) is 2. The summed E-state index contributed by atoms with van der Waals surface area (Å²) in [6.45, 7) is 0. The molecule has 0 unspecified atom stereocenters. The molecule has 4 heterocycles. The van der Waals surface area contributed by atoms with E-state index in [0.29, 0.717) is 27.4 Å². The maximum absolute atomic E-state index is 14.7. The fraction of sp³-hybridized carbons (Fsp3) is 0.261. The van der Waals surface area contributed by atoms with E-state index in [9.17, 15) is 18.0 Å². The van der Waals surface area contributed by atoms with Crippen molar-refractivity contribution in [1.29, 1.82) is 0 Å². The first-order valence-electron chi connectivity index (χ1n) is 10.7. The fourth-order valence-electron chi connectivity index (χ4n) is 4.27. The summed E-state index contributed by atoms with van der Waals surface area (Å²) in [5.74, 6) is -2.57. The normalized spacial score (nSPS) is 18.2. The minimum absolute atomic E-state index is 0.100. The second-order valence-electron chi connectivity index (χ2n) is 8.22. The third-order valence-electron chi connectivity index (χ3n) is 5.86. The summed E-state index contributed by atoms with van der Waals surface area (Å²) in [5, 5.41) is 8.10. The first-order chi connectivity index (χ1) is 16.4. The zero-order valence-electron chi connectivity index (χ0n) is 17.7. The first-order valence-corrected chi connectivity index (χ1v) is 11.9. The van der Waals surface area contributed by atoms with Crippen LogP contribution in [0.1, 0.15) is 36.0 Å². The Hall–Kier alpha value is -3.11. The van der Waals surface area contributed by atoms with E-state index >= 15 is 0 Å². The number of thiophene rings is 1. The van der Waals surface area contributed by atoms with E-state index in [1.54, 1.807) is 11.4 Å². The number of anilines is 1. The van der Waals surface area contributed by atoms with Crippen molar-refractivity contribution in [3.05, 3.63) is 63.3 Å². The van der Waals surface area contributed by atoms with Crippen LogP contribution in [0.15, 0.2) is 36.0 Å². The zero-order chi connectivity index (χ0) is 23.8. The van der Waals surface area contributed by atoms with Gasteiger partial charge < -0.3 is 15.6 Å². The SMILES string of the molecule is O=C(N[C@@H]1CCC[C@H](Nc2nc(-c3c[nH]c4ncc(F)cc34)c(F)cc2F)C1)c1csc(Cl)c1. The number of nitrogens with one attached hydrogen (secondary N) is 3. The average Bonchev–Trinajstić information content (AvgIpc) is 3.42. The monoisotopic (exact) mass is 505 g/mol. The van der Waals surface area contributed by atoms with Crippen LogP contribution in [0, 0.1) is 17.5 Å². The summed E-state index contributed by atoms with van der Waals surface area (Å²) in [4.78, 5) is 23.4. The van der Waals surface area contributed by atoms with E-state index in [0.717, 1.165) is 31.5 Å². The lowest BCUT2D eigenvalue weighted by molar-refractivity contribution is 0.0927. The molecule has 0 bridgehead atoms.